The molecular formula is C23H37Cl2NO2. The Balaban J connectivity index is 2.28. The summed E-state index contributed by atoms with van der Waals surface area (Å²) < 4.78 is 5.45. The molecule has 0 spiro atoms. The van der Waals surface area contributed by atoms with Crippen molar-refractivity contribution in [3.05, 3.63) is 29.8 Å². The zero-order valence-corrected chi connectivity index (χ0v) is 18.9. The summed E-state index contributed by atoms with van der Waals surface area (Å²) in [6, 6.07) is 7.92. The van der Waals surface area contributed by atoms with Crippen molar-refractivity contribution in [3.8, 4) is 0 Å². The van der Waals surface area contributed by atoms with Crippen molar-refractivity contribution in [1.82, 2.24) is 0 Å². The molecule has 3 nitrogen and oxygen atoms in total. The van der Waals surface area contributed by atoms with E-state index in [-0.39, 0.29) is 12.4 Å². The molecule has 0 amide bonds. The lowest BCUT2D eigenvalue weighted by Crippen LogP contribution is -2.29. The first-order valence-corrected chi connectivity index (χ1v) is 11.9. The number of benzene rings is 1. The maximum atomic E-state index is 12.2. The molecule has 0 radical (unpaired) electrons. The third-order valence-corrected chi connectivity index (χ3v) is 5.22. The van der Waals surface area contributed by atoms with Gasteiger partial charge in [-0.3, -0.25) is 4.79 Å². The van der Waals surface area contributed by atoms with Gasteiger partial charge >= 0.3 is 5.97 Å². The molecule has 0 saturated carbocycles. The quantitative estimate of drug-likeness (QED) is 0.159. The summed E-state index contributed by atoms with van der Waals surface area (Å²) in [6.45, 7) is 4.18. The van der Waals surface area contributed by atoms with Gasteiger partial charge in [0, 0.05) is 30.5 Å². The van der Waals surface area contributed by atoms with Crippen LogP contribution < -0.4 is 4.90 Å². The highest BCUT2D eigenvalue weighted by atomic mass is 35.5. The zero-order valence-electron chi connectivity index (χ0n) is 17.4. The highest BCUT2D eigenvalue weighted by molar-refractivity contribution is 6.18. The molecule has 0 saturated heterocycles. The van der Waals surface area contributed by atoms with Crippen LogP contribution in [0.2, 0.25) is 0 Å². The number of nitrogens with zero attached hydrogens (tertiary/aromatic N) is 1. The number of unbranched alkanes of at least 4 members (excludes halogenated alkanes) is 8. The Kier molecular flexibility index (Phi) is 15.2. The Bertz CT molecular complexity index is 519. The van der Waals surface area contributed by atoms with E-state index in [1.165, 1.54) is 44.9 Å². The number of anilines is 1. The van der Waals surface area contributed by atoms with Crippen molar-refractivity contribution < 1.29 is 9.53 Å². The summed E-state index contributed by atoms with van der Waals surface area (Å²) in [4.78, 5) is 14.4. The first kappa shape index (κ1) is 25.1. The van der Waals surface area contributed by atoms with Crippen LogP contribution in [0.15, 0.2) is 24.3 Å². The Morgan fingerprint density at radius 2 is 1.46 bits per heavy atom. The summed E-state index contributed by atoms with van der Waals surface area (Å²) in [7, 11) is 0. The molecule has 1 aromatic carbocycles. The molecule has 28 heavy (non-hydrogen) atoms. The van der Waals surface area contributed by atoms with Crippen molar-refractivity contribution in [2.24, 2.45) is 0 Å². The van der Waals surface area contributed by atoms with E-state index in [0.717, 1.165) is 24.1 Å². The Morgan fingerprint density at radius 3 is 2.07 bits per heavy atom. The van der Waals surface area contributed by atoms with Crippen molar-refractivity contribution >= 4 is 34.9 Å². The summed E-state index contributed by atoms with van der Waals surface area (Å²) in [5.74, 6) is 0.881. The highest BCUT2D eigenvalue weighted by Crippen LogP contribution is 2.21. The molecule has 0 atom stereocenters. The van der Waals surface area contributed by atoms with E-state index in [2.05, 4.69) is 11.8 Å². The van der Waals surface area contributed by atoms with Gasteiger partial charge in [0.1, 0.15) is 0 Å². The summed E-state index contributed by atoms with van der Waals surface area (Å²) in [6.07, 6.45) is 11.6. The Morgan fingerprint density at radius 1 is 0.893 bits per heavy atom. The average Bonchev–Trinajstić information content (AvgIpc) is 2.70. The van der Waals surface area contributed by atoms with Crippen LogP contribution >= 0.6 is 23.2 Å². The molecule has 5 heteroatoms. The number of carbonyl (C=O) groups excluding carboxylic acids is 1. The van der Waals surface area contributed by atoms with E-state index in [0.29, 0.717) is 31.5 Å². The molecule has 0 N–H and O–H groups in total. The average molecular weight is 430 g/mol. The molecule has 0 heterocycles. The molecule has 0 fully saturated rings. The van der Waals surface area contributed by atoms with Crippen molar-refractivity contribution in [2.45, 2.75) is 71.1 Å². The third kappa shape index (κ3) is 11.2. The molecule has 0 aliphatic carbocycles. The number of rotatable bonds is 17. The molecule has 0 aliphatic rings. The molecule has 160 valence electrons. The number of para-hydroxylation sites is 1. The number of esters is 1. The van der Waals surface area contributed by atoms with Crippen LogP contribution in [0.5, 0.6) is 0 Å². The normalized spacial score (nSPS) is 10.8. The molecule has 0 bridgehead atoms. The Hall–Kier alpha value is -0.930. The number of hydrogen-bond donors (Lipinski definition) is 0. The van der Waals surface area contributed by atoms with E-state index >= 15 is 0 Å². The Labute approximate surface area is 181 Å². The lowest BCUT2D eigenvalue weighted by molar-refractivity contribution is -0.142. The zero-order chi connectivity index (χ0) is 20.5. The van der Waals surface area contributed by atoms with E-state index in [1.807, 2.05) is 24.3 Å². The van der Waals surface area contributed by atoms with Gasteiger partial charge in [-0.05, 0) is 18.1 Å². The van der Waals surface area contributed by atoms with Crippen LogP contribution in [0.4, 0.5) is 5.69 Å². The van der Waals surface area contributed by atoms with Crippen LogP contribution in [-0.4, -0.2) is 37.4 Å². The van der Waals surface area contributed by atoms with Gasteiger partial charge in [-0.1, -0.05) is 76.5 Å². The number of halogens is 2. The molecule has 1 rings (SSSR count). The van der Waals surface area contributed by atoms with Crippen LogP contribution in [0.1, 0.15) is 70.3 Å². The summed E-state index contributed by atoms with van der Waals surface area (Å²) in [5.41, 5.74) is 1.98. The topological polar surface area (TPSA) is 29.5 Å². The van der Waals surface area contributed by atoms with Gasteiger partial charge in [-0.2, -0.15) is 0 Å². The SMILES string of the molecule is CCCCCCCCCCCOC(=O)Cc1ccccc1N(CCCl)CCCl. The smallest absolute Gasteiger partial charge is 0.310 e. The third-order valence-electron chi connectivity index (χ3n) is 4.89. The largest absolute Gasteiger partial charge is 0.465 e. The maximum absolute atomic E-state index is 12.2. The number of hydrogen-bond acceptors (Lipinski definition) is 3. The van der Waals surface area contributed by atoms with Crippen LogP contribution in [0, 0.1) is 0 Å². The van der Waals surface area contributed by atoms with Crippen molar-refractivity contribution in [1.29, 1.82) is 0 Å². The number of ether oxygens (including phenoxy) is 1. The van der Waals surface area contributed by atoms with Gasteiger partial charge in [0.05, 0.1) is 13.0 Å². The van der Waals surface area contributed by atoms with Crippen molar-refractivity contribution in [2.75, 3.05) is 36.4 Å². The van der Waals surface area contributed by atoms with E-state index < -0.39 is 0 Å². The second-order valence-electron chi connectivity index (χ2n) is 7.22. The fourth-order valence-corrected chi connectivity index (χ4v) is 3.74. The predicted octanol–water partition coefficient (Wildman–Crippen LogP) is 6.59. The van der Waals surface area contributed by atoms with Gasteiger partial charge < -0.3 is 9.64 Å². The number of alkyl halides is 2. The van der Waals surface area contributed by atoms with Gasteiger partial charge in [0.15, 0.2) is 0 Å². The highest BCUT2D eigenvalue weighted by Gasteiger charge is 2.13. The van der Waals surface area contributed by atoms with Crippen molar-refractivity contribution in [3.63, 3.8) is 0 Å². The summed E-state index contributed by atoms with van der Waals surface area (Å²) >= 11 is 11.8. The van der Waals surface area contributed by atoms with E-state index in [4.69, 9.17) is 27.9 Å². The predicted molar refractivity (Wildman–Crippen MR) is 122 cm³/mol. The molecular weight excluding hydrogens is 393 g/mol. The maximum Gasteiger partial charge on any atom is 0.310 e. The number of carbonyl (C=O) groups is 1. The lowest BCUT2D eigenvalue weighted by atomic mass is 10.1. The van der Waals surface area contributed by atoms with Gasteiger partial charge in [-0.15, -0.1) is 23.2 Å². The second kappa shape index (κ2) is 17.0. The lowest BCUT2D eigenvalue weighted by Gasteiger charge is -2.25. The minimum Gasteiger partial charge on any atom is -0.465 e. The van der Waals surface area contributed by atoms with Crippen LogP contribution in [0.25, 0.3) is 0 Å². The molecule has 0 unspecified atom stereocenters. The van der Waals surface area contributed by atoms with Gasteiger partial charge in [-0.25, -0.2) is 0 Å². The monoisotopic (exact) mass is 429 g/mol. The van der Waals surface area contributed by atoms with Gasteiger partial charge in [0.25, 0.3) is 0 Å². The fourth-order valence-electron chi connectivity index (χ4n) is 3.33. The second-order valence-corrected chi connectivity index (χ2v) is 7.98. The van der Waals surface area contributed by atoms with E-state index in [9.17, 15) is 4.79 Å². The molecule has 1 aromatic rings. The fraction of sp³-hybridized carbons (Fsp3) is 0.696. The standard InChI is InChI=1S/C23H37Cl2NO2/c1-2-3-4-5-6-7-8-9-12-19-28-23(27)20-21-13-10-11-14-22(21)26(17-15-24)18-16-25/h10-11,13-14H,2-9,12,15-20H2,1H3. The van der Waals surface area contributed by atoms with Crippen LogP contribution in [-0.2, 0) is 16.0 Å². The van der Waals surface area contributed by atoms with Gasteiger partial charge in [0.2, 0.25) is 0 Å². The first-order valence-electron chi connectivity index (χ1n) is 10.8. The van der Waals surface area contributed by atoms with E-state index in [1.54, 1.807) is 0 Å². The minimum absolute atomic E-state index is 0.163. The molecule has 0 aliphatic heterocycles. The summed E-state index contributed by atoms with van der Waals surface area (Å²) in [5, 5.41) is 0. The first-order chi connectivity index (χ1) is 13.7. The molecule has 0 aromatic heterocycles. The minimum atomic E-state index is -0.163. The van der Waals surface area contributed by atoms with Crippen LogP contribution in [0.3, 0.4) is 0 Å².